The second-order valence-corrected chi connectivity index (χ2v) is 8.54. The van der Waals surface area contributed by atoms with E-state index < -0.39 is 10.0 Å². The van der Waals surface area contributed by atoms with Crippen molar-refractivity contribution >= 4 is 15.8 Å². The van der Waals surface area contributed by atoms with E-state index >= 15 is 0 Å². The minimum atomic E-state index is -3.37. The SMILES string of the molecule is O=S(=O)(CCOc1ccccc1)N1CCN(c2ccc(-n3cncn3)nn2)CC1. The molecule has 1 aliphatic rings. The highest BCUT2D eigenvalue weighted by atomic mass is 32.2. The van der Waals surface area contributed by atoms with E-state index in [0.717, 1.165) is 0 Å². The van der Waals surface area contributed by atoms with Crippen molar-refractivity contribution in [3.8, 4) is 11.6 Å². The summed E-state index contributed by atoms with van der Waals surface area (Å²) in [5.74, 6) is 1.90. The number of para-hydroxylation sites is 1. The van der Waals surface area contributed by atoms with E-state index in [0.29, 0.717) is 43.6 Å². The number of ether oxygens (including phenoxy) is 1. The Hall–Kier alpha value is -3.05. The summed E-state index contributed by atoms with van der Waals surface area (Å²) < 4.78 is 33.7. The molecule has 11 heteroatoms. The number of aromatic nitrogens is 5. The molecule has 3 heterocycles. The molecule has 1 fully saturated rings. The Balaban J connectivity index is 1.29. The van der Waals surface area contributed by atoms with Crippen LogP contribution in [-0.4, -0.2) is 76.2 Å². The van der Waals surface area contributed by atoms with Crippen LogP contribution in [0.5, 0.6) is 5.75 Å². The fourth-order valence-corrected chi connectivity index (χ4v) is 4.31. The van der Waals surface area contributed by atoms with Gasteiger partial charge in [0.1, 0.15) is 25.0 Å². The maximum absolute atomic E-state index is 12.6. The van der Waals surface area contributed by atoms with E-state index in [1.54, 1.807) is 24.5 Å². The van der Waals surface area contributed by atoms with Crippen LogP contribution in [0.4, 0.5) is 5.82 Å². The molecule has 0 bridgehead atoms. The lowest BCUT2D eigenvalue weighted by Gasteiger charge is -2.34. The van der Waals surface area contributed by atoms with Gasteiger partial charge in [0.2, 0.25) is 10.0 Å². The van der Waals surface area contributed by atoms with Crippen LogP contribution in [0.3, 0.4) is 0 Å². The number of sulfonamides is 1. The highest BCUT2D eigenvalue weighted by Crippen LogP contribution is 2.16. The van der Waals surface area contributed by atoms with Crippen LogP contribution in [0, 0.1) is 0 Å². The summed E-state index contributed by atoms with van der Waals surface area (Å²) in [4.78, 5) is 5.90. The molecular formula is C18H21N7O3S. The van der Waals surface area contributed by atoms with Crippen molar-refractivity contribution in [3.05, 3.63) is 55.1 Å². The molecule has 152 valence electrons. The van der Waals surface area contributed by atoms with Gasteiger partial charge >= 0.3 is 0 Å². The Morgan fingerprint density at radius 2 is 1.66 bits per heavy atom. The molecule has 0 saturated carbocycles. The molecule has 29 heavy (non-hydrogen) atoms. The van der Waals surface area contributed by atoms with Crippen molar-refractivity contribution in [3.63, 3.8) is 0 Å². The minimum Gasteiger partial charge on any atom is -0.492 e. The normalized spacial score (nSPS) is 15.4. The van der Waals surface area contributed by atoms with Gasteiger partial charge in [-0.25, -0.2) is 18.1 Å². The number of anilines is 1. The summed E-state index contributed by atoms with van der Waals surface area (Å²) >= 11 is 0. The largest absolute Gasteiger partial charge is 0.492 e. The van der Waals surface area contributed by atoms with Gasteiger partial charge in [0.15, 0.2) is 11.6 Å². The standard InChI is InChI=1S/C18H21N7O3S/c26-29(27,13-12-28-16-4-2-1-3-5-16)24-10-8-23(9-11-24)17-6-7-18(22-21-17)25-15-19-14-20-25/h1-7,14-15H,8-13H2. The summed E-state index contributed by atoms with van der Waals surface area (Å²) in [5.41, 5.74) is 0. The maximum Gasteiger partial charge on any atom is 0.217 e. The summed E-state index contributed by atoms with van der Waals surface area (Å²) in [7, 11) is -3.37. The molecule has 1 aromatic carbocycles. The molecule has 1 saturated heterocycles. The molecule has 3 aromatic rings. The van der Waals surface area contributed by atoms with E-state index in [1.807, 2.05) is 29.2 Å². The Morgan fingerprint density at radius 3 is 2.31 bits per heavy atom. The van der Waals surface area contributed by atoms with E-state index in [4.69, 9.17) is 4.74 Å². The fraction of sp³-hybridized carbons (Fsp3) is 0.333. The average molecular weight is 415 g/mol. The monoisotopic (exact) mass is 415 g/mol. The van der Waals surface area contributed by atoms with Gasteiger partial charge in [0.25, 0.3) is 0 Å². The second-order valence-electron chi connectivity index (χ2n) is 6.45. The summed E-state index contributed by atoms with van der Waals surface area (Å²) in [6.45, 7) is 2.04. The number of hydrogen-bond donors (Lipinski definition) is 0. The third-order valence-corrected chi connectivity index (χ3v) is 6.43. The molecule has 0 unspecified atom stereocenters. The van der Waals surface area contributed by atoms with Gasteiger partial charge in [-0.2, -0.15) is 9.40 Å². The lowest BCUT2D eigenvalue weighted by Crippen LogP contribution is -2.50. The van der Waals surface area contributed by atoms with Crippen LogP contribution in [0.2, 0.25) is 0 Å². The van der Waals surface area contributed by atoms with Gasteiger partial charge in [0, 0.05) is 26.2 Å². The van der Waals surface area contributed by atoms with Crippen LogP contribution in [0.15, 0.2) is 55.1 Å². The van der Waals surface area contributed by atoms with E-state index in [2.05, 4.69) is 20.3 Å². The van der Waals surface area contributed by atoms with Crippen LogP contribution >= 0.6 is 0 Å². The third kappa shape index (κ3) is 4.69. The Kier molecular flexibility index (Phi) is 5.67. The number of benzene rings is 1. The van der Waals surface area contributed by atoms with Crippen molar-refractivity contribution in [1.29, 1.82) is 0 Å². The first kappa shape index (κ1) is 19.3. The fourth-order valence-electron chi connectivity index (χ4n) is 3.04. The van der Waals surface area contributed by atoms with Gasteiger partial charge < -0.3 is 9.64 Å². The number of rotatable bonds is 7. The first-order chi connectivity index (χ1) is 14.1. The molecule has 4 rings (SSSR count). The second kappa shape index (κ2) is 8.53. The van der Waals surface area contributed by atoms with Gasteiger partial charge in [-0.1, -0.05) is 18.2 Å². The molecule has 0 N–H and O–H groups in total. The zero-order chi connectivity index (χ0) is 20.1. The van der Waals surface area contributed by atoms with Crippen molar-refractivity contribution < 1.29 is 13.2 Å². The Bertz CT molecular complexity index is 1000. The van der Waals surface area contributed by atoms with Crippen molar-refractivity contribution in [2.24, 2.45) is 0 Å². The first-order valence-electron chi connectivity index (χ1n) is 9.21. The van der Waals surface area contributed by atoms with Gasteiger partial charge in [0.05, 0.1) is 5.75 Å². The zero-order valence-electron chi connectivity index (χ0n) is 15.7. The average Bonchev–Trinajstić information content (AvgIpc) is 3.30. The van der Waals surface area contributed by atoms with Crippen molar-refractivity contribution in [2.45, 2.75) is 0 Å². The quantitative estimate of drug-likeness (QED) is 0.552. The zero-order valence-corrected chi connectivity index (χ0v) is 16.5. The van der Waals surface area contributed by atoms with Gasteiger partial charge in [-0.15, -0.1) is 10.2 Å². The Labute approximate surface area is 168 Å². The van der Waals surface area contributed by atoms with Gasteiger partial charge in [-0.05, 0) is 24.3 Å². The van der Waals surface area contributed by atoms with Crippen molar-refractivity contribution in [1.82, 2.24) is 29.3 Å². The van der Waals surface area contributed by atoms with Crippen molar-refractivity contribution in [2.75, 3.05) is 43.4 Å². The minimum absolute atomic E-state index is 0.0473. The van der Waals surface area contributed by atoms with E-state index in [-0.39, 0.29) is 12.4 Å². The van der Waals surface area contributed by atoms with Crippen LogP contribution in [0.1, 0.15) is 0 Å². The molecule has 1 aliphatic heterocycles. The molecule has 0 aliphatic carbocycles. The smallest absolute Gasteiger partial charge is 0.217 e. The van der Waals surface area contributed by atoms with E-state index in [1.165, 1.54) is 15.3 Å². The van der Waals surface area contributed by atoms with E-state index in [9.17, 15) is 8.42 Å². The molecule has 0 spiro atoms. The molecule has 10 nitrogen and oxygen atoms in total. The number of hydrogen-bond acceptors (Lipinski definition) is 8. The Morgan fingerprint density at radius 1 is 0.931 bits per heavy atom. The number of piperazine rings is 1. The molecular weight excluding hydrogens is 394 g/mol. The summed E-state index contributed by atoms with van der Waals surface area (Å²) in [6, 6.07) is 12.9. The number of nitrogens with zero attached hydrogens (tertiary/aromatic N) is 7. The predicted molar refractivity (Wildman–Crippen MR) is 106 cm³/mol. The summed E-state index contributed by atoms with van der Waals surface area (Å²) in [5, 5.41) is 12.4. The summed E-state index contributed by atoms with van der Waals surface area (Å²) in [6.07, 6.45) is 2.98. The molecule has 0 radical (unpaired) electrons. The maximum atomic E-state index is 12.6. The predicted octanol–water partition coefficient (Wildman–Crippen LogP) is 0.588. The van der Waals surface area contributed by atoms with Crippen LogP contribution < -0.4 is 9.64 Å². The molecule has 2 aromatic heterocycles. The lowest BCUT2D eigenvalue weighted by molar-refractivity contribution is 0.331. The third-order valence-electron chi connectivity index (χ3n) is 4.60. The first-order valence-corrected chi connectivity index (χ1v) is 10.8. The topological polar surface area (TPSA) is 106 Å². The van der Waals surface area contributed by atoms with Crippen LogP contribution in [-0.2, 0) is 10.0 Å². The lowest BCUT2D eigenvalue weighted by atomic mass is 10.3. The highest BCUT2D eigenvalue weighted by molar-refractivity contribution is 7.89. The van der Waals surface area contributed by atoms with Crippen LogP contribution in [0.25, 0.3) is 5.82 Å². The molecule has 0 atom stereocenters. The van der Waals surface area contributed by atoms with Gasteiger partial charge in [-0.3, -0.25) is 0 Å². The molecule has 0 amide bonds. The highest BCUT2D eigenvalue weighted by Gasteiger charge is 2.27.